The van der Waals surface area contributed by atoms with Crippen LogP contribution in [0.5, 0.6) is 11.5 Å². The molecule has 1 saturated heterocycles. The third-order valence-electron chi connectivity index (χ3n) is 4.64. The van der Waals surface area contributed by atoms with Crippen LogP contribution in [0, 0.1) is 0 Å². The number of nitrogen functional groups attached to an aromatic ring is 1. The van der Waals surface area contributed by atoms with Crippen molar-refractivity contribution in [3.05, 3.63) is 36.4 Å². The van der Waals surface area contributed by atoms with E-state index in [1.54, 1.807) is 4.57 Å². The summed E-state index contributed by atoms with van der Waals surface area (Å²) in [6.07, 6.45) is 2.87. The van der Waals surface area contributed by atoms with Gasteiger partial charge >= 0.3 is 13.8 Å². The zero-order chi connectivity index (χ0) is 22.2. The van der Waals surface area contributed by atoms with E-state index in [1.807, 2.05) is 0 Å². The number of benzene rings is 1. The number of aromatic hydroxyl groups is 2. The summed E-state index contributed by atoms with van der Waals surface area (Å²) in [6, 6.07) is 3.52. The fourth-order valence-corrected chi connectivity index (χ4v) is 3.86. The molecule has 13 nitrogen and oxygen atoms in total. The first kappa shape index (κ1) is 21.0. The minimum absolute atomic E-state index is 0.238. The molecule has 4 rings (SSSR count). The third kappa shape index (κ3) is 4.30. The molecule has 5 N–H and O–H groups in total. The van der Waals surface area contributed by atoms with Crippen LogP contribution in [0.25, 0.3) is 11.2 Å². The first-order valence-corrected chi connectivity index (χ1v) is 10.6. The Morgan fingerprint density at radius 2 is 2.10 bits per heavy atom. The van der Waals surface area contributed by atoms with Gasteiger partial charge in [-0.3, -0.25) is 14.0 Å². The number of hydrogen-bond donors (Lipinski definition) is 4. The molecule has 1 unspecified atom stereocenters. The molecule has 31 heavy (non-hydrogen) atoms. The number of rotatable bonds is 6. The molecule has 3 atom stereocenters. The molecule has 14 heteroatoms. The van der Waals surface area contributed by atoms with Crippen LogP contribution in [0.3, 0.4) is 0 Å². The SMILES string of the molecule is Nc1ncnc2c1ncn2[C@H]1CC[C@@H](COP(=O)(O)OC(=O)c2cccc(O)c2O)O1. The third-order valence-corrected chi connectivity index (χ3v) is 5.51. The van der Waals surface area contributed by atoms with Crippen molar-refractivity contribution in [3.8, 4) is 11.5 Å². The summed E-state index contributed by atoms with van der Waals surface area (Å²) in [5.41, 5.74) is 6.22. The smallest absolute Gasteiger partial charge is 0.504 e. The van der Waals surface area contributed by atoms with Gasteiger partial charge in [0.2, 0.25) is 0 Å². The summed E-state index contributed by atoms with van der Waals surface area (Å²) in [7, 11) is -4.81. The zero-order valence-corrected chi connectivity index (χ0v) is 16.8. The van der Waals surface area contributed by atoms with Crippen molar-refractivity contribution in [1.82, 2.24) is 19.5 Å². The lowest BCUT2D eigenvalue weighted by atomic mass is 10.2. The maximum atomic E-state index is 12.1. The normalized spacial score (nSPS) is 20.5. The van der Waals surface area contributed by atoms with Gasteiger partial charge in [-0.25, -0.2) is 24.3 Å². The van der Waals surface area contributed by atoms with Gasteiger partial charge in [-0.1, -0.05) is 6.07 Å². The van der Waals surface area contributed by atoms with Crippen molar-refractivity contribution in [2.45, 2.75) is 25.2 Å². The van der Waals surface area contributed by atoms with E-state index < -0.39 is 43.2 Å². The molecule has 0 radical (unpaired) electrons. The van der Waals surface area contributed by atoms with Gasteiger partial charge in [0.25, 0.3) is 0 Å². The molecule has 0 amide bonds. The second kappa shape index (κ2) is 8.12. The van der Waals surface area contributed by atoms with Crippen LogP contribution < -0.4 is 5.73 Å². The molecular formula is C17H18N5O8P. The monoisotopic (exact) mass is 451 g/mol. The predicted molar refractivity (Wildman–Crippen MR) is 104 cm³/mol. The van der Waals surface area contributed by atoms with Gasteiger partial charge in [0.05, 0.1) is 19.0 Å². The number of phenols is 2. The van der Waals surface area contributed by atoms with Crippen molar-refractivity contribution >= 4 is 30.8 Å². The molecule has 164 valence electrons. The van der Waals surface area contributed by atoms with Gasteiger partial charge in [0, 0.05) is 0 Å². The Kier molecular flexibility index (Phi) is 5.50. The number of nitrogens with zero attached hydrogens (tertiary/aromatic N) is 4. The van der Waals surface area contributed by atoms with E-state index >= 15 is 0 Å². The van der Waals surface area contributed by atoms with E-state index in [9.17, 15) is 24.5 Å². The molecule has 0 spiro atoms. The quantitative estimate of drug-likeness (QED) is 0.312. The second-order valence-corrected chi connectivity index (χ2v) is 8.07. The molecule has 0 saturated carbocycles. The van der Waals surface area contributed by atoms with Gasteiger partial charge in [-0.15, -0.1) is 0 Å². The number of ether oxygens (including phenoxy) is 1. The van der Waals surface area contributed by atoms with Gasteiger partial charge < -0.3 is 25.2 Å². The van der Waals surface area contributed by atoms with E-state index in [2.05, 4.69) is 19.5 Å². The van der Waals surface area contributed by atoms with Crippen LogP contribution >= 0.6 is 7.82 Å². The highest BCUT2D eigenvalue weighted by Gasteiger charge is 2.34. The highest BCUT2D eigenvalue weighted by atomic mass is 31.2. The number of para-hydroxylation sites is 1. The number of aromatic nitrogens is 4. The summed E-state index contributed by atoms with van der Waals surface area (Å²) in [5, 5.41) is 19.1. The van der Waals surface area contributed by atoms with Crippen LogP contribution in [0.4, 0.5) is 5.82 Å². The number of carbonyl (C=O) groups is 1. The topological polar surface area (TPSA) is 192 Å². The largest absolute Gasteiger partial charge is 0.529 e. The first-order chi connectivity index (χ1) is 14.7. The number of anilines is 1. The van der Waals surface area contributed by atoms with E-state index in [4.69, 9.17) is 15.0 Å². The number of carbonyl (C=O) groups excluding carboxylic acids is 1. The highest BCUT2D eigenvalue weighted by Crippen LogP contribution is 2.46. The van der Waals surface area contributed by atoms with Crippen LogP contribution in [0.2, 0.25) is 0 Å². The molecule has 0 aliphatic carbocycles. The maximum absolute atomic E-state index is 12.1. The molecule has 3 aromatic rings. The highest BCUT2D eigenvalue weighted by molar-refractivity contribution is 7.48. The van der Waals surface area contributed by atoms with Gasteiger partial charge in [-0.05, 0) is 25.0 Å². The lowest BCUT2D eigenvalue weighted by Crippen LogP contribution is -2.17. The number of phosphoric acid groups is 1. The number of fused-ring (bicyclic) bond motifs is 1. The van der Waals surface area contributed by atoms with Crippen LogP contribution in [0.1, 0.15) is 29.4 Å². The van der Waals surface area contributed by atoms with Crippen molar-refractivity contribution in [1.29, 1.82) is 0 Å². The van der Waals surface area contributed by atoms with Gasteiger partial charge in [0.1, 0.15) is 23.6 Å². The Balaban J connectivity index is 1.36. The number of imidazole rings is 1. The number of phenolic OH excluding ortho intramolecular Hbond substituents is 2. The van der Waals surface area contributed by atoms with E-state index in [0.29, 0.717) is 24.0 Å². The van der Waals surface area contributed by atoms with Crippen LogP contribution in [-0.4, -0.2) is 53.3 Å². The number of nitrogens with two attached hydrogens (primary N) is 1. The average Bonchev–Trinajstić information content (AvgIpc) is 3.35. The van der Waals surface area contributed by atoms with Gasteiger partial charge in [-0.2, -0.15) is 0 Å². The standard InChI is InChI=1S/C17H18N5O8P/c18-15-13-16(20-7-19-15)22(8-21-13)12-5-4-9(29-12)6-28-31(26,27)30-17(25)10-2-1-3-11(23)14(10)24/h1-3,7-9,12,23-24H,4-6H2,(H,26,27)(H2,18,19,20)/t9-,12+/m0/s1. The molecule has 1 aromatic carbocycles. The summed E-state index contributed by atoms with van der Waals surface area (Å²) in [6.45, 7) is -0.326. The molecule has 3 heterocycles. The molecule has 1 aliphatic rings. The van der Waals surface area contributed by atoms with Crippen LogP contribution in [-0.2, 0) is 18.3 Å². The maximum Gasteiger partial charge on any atom is 0.529 e. The molecular weight excluding hydrogens is 433 g/mol. The summed E-state index contributed by atoms with van der Waals surface area (Å²) >= 11 is 0. The van der Waals surface area contributed by atoms with E-state index in [0.717, 1.165) is 12.1 Å². The summed E-state index contributed by atoms with van der Waals surface area (Å²) in [4.78, 5) is 34.0. The van der Waals surface area contributed by atoms with E-state index in [-0.39, 0.29) is 12.4 Å². The first-order valence-electron chi connectivity index (χ1n) is 9.06. The Hall–Kier alpha value is -3.25. The zero-order valence-electron chi connectivity index (χ0n) is 15.9. The van der Waals surface area contributed by atoms with Crippen molar-refractivity contribution in [2.24, 2.45) is 0 Å². The summed E-state index contributed by atoms with van der Waals surface area (Å²) in [5.74, 6) is -2.44. The lowest BCUT2D eigenvalue weighted by Gasteiger charge is -2.17. The Labute approximate surface area is 174 Å². The Morgan fingerprint density at radius 1 is 1.29 bits per heavy atom. The second-order valence-electron chi connectivity index (χ2n) is 6.69. The fraction of sp³-hybridized carbons (Fsp3) is 0.294. The van der Waals surface area contributed by atoms with E-state index in [1.165, 1.54) is 18.7 Å². The Bertz CT molecular complexity index is 1180. The fourth-order valence-electron chi connectivity index (χ4n) is 3.15. The number of hydrogen-bond acceptors (Lipinski definition) is 11. The molecule has 1 fully saturated rings. The minimum atomic E-state index is -4.81. The minimum Gasteiger partial charge on any atom is -0.504 e. The predicted octanol–water partition coefficient (Wildman–Crippen LogP) is 1.47. The molecule has 2 aromatic heterocycles. The molecule has 0 bridgehead atoms. The van der Waals surface area contributed by atoms with Crippen molar-refractivity contribution < 1.29 is 38.3 Å². The van der Waals surface area contributed by atoms with Gasteiger partial charge in [0.15, 0.2) is 23.0 Å². The lowest BCUT2D eigenvalue weighted by molar-refractivity contribution is -0.0215. The van der Waals surface area contributed by atoms with Crippen LogP contribution in [0.15, 0.2) is 30.9 Å². The molecule has 1 aliphatic heterocycles. The number of phosphoric ester groups is 1. The average molecular weight is 451 g/mol. The summed E-state index contributed by atoms with van der Waals surface area (Å²) < 4.78 is 29.0. The Morgan fingerprint density at radius 3 is 2.90 bits per heavy atom. The van der Waals surface area contributed by atoms with Crippen molar-refractivity contribution in [3.63, 3.8) is 0 Å². The van der Waals surface area contributed by atoms with Crippen molar-refractivity contribution in [2.75, 3.05) is 12.3 Å².